The van der Waals surface area contributed by atoms with E-state index in [1.807, 2.05) is 12.1 Å². The van der Waals surface area contributed by atoms with Crippen molar-refractivity contribution in [1.82, 2.24) is 20.6 Å². The second-order valence-corrected chi connectivity index (χ2v) is 8.10. The van der Waals surface area contributed by atoms with Gasteiger partial charge in [0.15, 0.2) is 11.5 Å². The van der Waals surface area contributed by atoms with E-state index in [0.717, 1.165) is 43.4 Å². The third kappa shape index (κ3) is 4.79. The van der Waals surface area contributed by atoms with Crippen molar-refractivity contribution >= 4 is 11.7 Å². The largest absolute Gasteiger partial charge is 0.396 e. The molecule has 5 N–H and O–H groups in total. The molecule has 1 aliphatic rings. The van der Waals surface area contributed by atoms with Crippen LogP contribution in [0.15, 0.2) is 48.7 Å². The summed E-state index contributed by atoms with van der Waals surface area (Å²) >= 11 is 0. The van der Waals surface area contributed by atoms with E-state index in [1.165, 1.54) is 16.7 Å². The summed E-state index contributed by atoms with van der Waals surface area (Å²) in [5.74, 6) is -0.239. The quantitative estimate of drug-likeness (QED) is 0.436. The Bertz CT molecular complexity index is 1120. The van der Waals surface area contributed by atoms with Gasteiger partial charge in [0, 0.05) is 31.8 Å². The van der Waals surface area contributed by atoms with Crippen LogP contribution in [-0.2, 0) is 19.4 Å². The highest BCUT2D eigenvalue weighted by Gasteiger charge is 2.22. The van der Waals surface area contributed by atoms with Crippen molar-refractivity contribution in [2.24, 2.45) is 0 Å². The van der Waals surface area contributed by atoms with Gasteiger partial charge in [-0.05, 0) is 54.0 Å². The molecule has 1 atom stereocenters. The fraction of sp³-hybridized carbons (Fsp3) is 0.320. The number of hydrogen-bond donors (Lipinski definition) is 4. The van der Waals surface area contributed by atoms with Gasteiger partial charge in [0.25, 0.3) is 5.91 Å². The highest BCUT2D eigenvalue weighted by atomic mass is 16.2. The number of carbonyl (C=O) groups is 1. The molecule has 2 aromatic carbocycles. The zero-order chi connectivity index (χ0) is 22.5. The number of hydrogen-bond acceptors (Lipinski definition) is 6. The van der Waals surface area contributed by atoms with Gasteiger partial charge < -0.3 is 21.5 Å². The molecule has 0 bridgehead atoms. The third-order valence-corrected chi connectivity index (χ3v) is 5.93. The maximum atomic E-state index is 12.0. The number of nitrogens with zero attached hydrogens (tertiary/aromatic N) is 2. The molecule has 0 spiro atoms. The highest BCUT2D eigenvalue weighted by Crippen LogP contribution is 2.32. The SMILES string of the molecule is CNC(=O)c1nc(-c2cccc(CNC3CCc4ccc(CCCO)cc43)c2)cnc1N. The minimum atomic E-state index is -0.354. The van der Waals surface area contributed by atoms with E-state index in [2.05, 4.69) is 50.9 Å². The molecule has 1 unspecified atom stereocenters. The number of nitrogen functional groups attached to an aromatic ring is 1. The number of fused-ring (bicyclic) bond motifs is 1. The lowest BCUT2D eigenvalue weighted by molar-refractivity contribution is 0.0959. The standard InChI is InChI=1S/C25H29N5O2/c1-27-25(32)23-24(26)29-15-22(30-23)19-6-2-4-17(12-19)14-28-21-10-9-18-8-7-16(5-3-11-31)13-20(18)21/h2,4,6-8,12-13,15,21,28,31H,3,5,9-11,14H2,1H3,(H2,26,29)(H,27,32). The first-order chi connectivity index (χ1) is 15.6. The summed E-state index contributed by atoms with van der Waals surface area (Å²) in [7, 11) is 1.54. The second kappa shape index (κ2) is 9.89. The fourth-order valence-electron chi connectivity index (χ4n) is 4.21. The van der Waals surface area contributed by atoms with E-state index >= 15 is 0 Å². The van der Waals surface area contributed by atoms with Gasteiger partial charge in [0.05, 0.1) is 11.9 Å². The topological polar surface area (TPSA) is 113 Å². The maximum Gasteiger partial charge on any atom is 0.273 e. The van der Waals surface area contributed by atoms with Crippen molar-refractivity contribution < 1.29 is 9.90 Å². The summed E-state index contributed by atoms with van der Waals surface area (Å²) in [4.78, 5) is 20.6. The molecule has 1 heterocycles. The number of aryl methyl sites for hydroxylation is 2. The lowest BCUT2D eigenvalue weighted by atomic mass is 10.0. The van der Waals surface area contributed by atoms with Gasteiger partial charge in [-0.1, -0.05) is 36.4 Å². The van der Waals surface area contributed by atoms with E-state index in [9.17, 15) is 4.79 Å². The lowest BCUT2D eigenvalue weighted by Gasteiger charge is -2.16. The molecule has 7 heteroatoms. The van der Waals surface area contributed by atoms with E-state index in [0.29, 0.717) is 11.7 Å². The molecule has 0 saturated carbocycles. The Labute approximate surface area is 188 Å². The average molecular weight is 432 g/mol. The van der Waals surface area contributed by atoms with Gasteiger partial charge in [0.2, 0.25) is 0 Å². The smallest absolute Gasteiger partial charge is 0.273 e. The summed E-state index contributed by atoms with van der Waals surface area (Å²) in [6.45, 7) is 0.946. The number of amides is 1. The molecule has 7 nitrogen and oxygen atoms in total. The molecule has 166 valence electrons. The molecule has 1 aliphatic carbocycles. The van der Waals surface area contributed by atoms with Crippen molar-refractivity contribution in [3.05, 3.63) is 76.6 Å². The van der Waals surface area contributed by atoms with Crippen LogP contribution < -0.4 is 16.4 Å². The van der Waals surface area contributed by atoms with E-state index in [-0.39, 0.29) is 24.0 Å². The average Bonchev–Trinajstić information content (AvgIpc) is 3.23. The molecule has 1 aromatic heterocycles. The first kappa shape index (κ1) is 21.9. The van der Waals surface area contributed by atoms with Crippen molar-refractivity contribution in [2.45, 2.75) is 38.3 Å². The van der Waals surface area contributed by atoms with Crippen molar-refractivity contribution in [3.63, 3.8) is 0 Å². The Kier molecular flexibility index (Phi) is 6.78. The monoisotopic (exact) mass is 431 g/mol. The zero-order valence-corrected chi connectivity index (χ0v) is 18.3. The maximum absolute atomic E-state index is 12.0. The second-order valence-electron chi connectivity index (χ2n) is 8.10. The van der Waals surface area contributed by atoms with Gasteiger partial charge in [0.1, 0.15) is 0 Å². The summed E-state index contributed by atoms with van der Waals surface area (Å²) in [5, 5.41) is 15.3. The number of rotatable bonds is 8. The van der Waals surface area contributed by atoms with Gasteiger partial charge >= 0.3 is 0 Å². The number of carbonyl (C=O) groups excluding carboxylic acids is 1. The van der Waals surface area contributed by atoms with Gasteiger partial charge in [-0.3, -0.25) is 4.79 Å². The van der Waals surface area contributed by atoms with Crippen LogP contribution in [0, 0.1) is 0 Å². The molecule has 0 fully saturated rings. The Morgan fingerprint density at radius 2 is 2.09 bits per heavy atom. The first-order valence-electron chi connectivity index (χ1n) is 11.0. The Hall–Kier alpha value is -3.29. The molecule has 4 rings (SSSR count). The molecular weight excluding hydrogens is 402 g/mol. The minimum absolute atomic E-state index is 0.115. The number of anilines is 1. The minimum Gasteiger partial charge on any atom is -0.396 e. The fourth-order valence-corrected chi connectivity index (χ4v) is 4.21. The highest BCUT2D eigenvalue weighted by molar-refractivity contribution is 5.96. The van der Waals surface area contributed by atoms with Gasteiger partial charge in [-0.25, -0.2) is 9.97 Å². The molecule has 0 aliphatic heterocycles. The molecule has 1 amide bonds. The number of aromatic nitrogens is 2. The van der Waals surface area contributed by atoms with Crippen LogP contribution in [0.4, 0.5) is 5.82 Å². The Balaban J connectivity index is 1.48. The van der Waals surface area contributed by atoms with Crippen LogP contribution in [0.5, 0.6) is 0 Å². The number of nitrogens with one attached hydrogen (secondary N) is 2. The number of aliphatic hydroxyl groups excluding tert-OH is 1. The molecule has 0 radical (unpaired) electrons. The van der Waals surface area contributed by atoms with Crippen LogP contribution >= 0.6 is 0 Å². The predicted octanol–water partition coefficient (Wildman–Crippen LogP) is 2.79. The molecule has 3 aromatic rings. The van der Waals surface area contributed by atoms with Crippen LogP contribution in [0.3, 0.4) is 0 Å². The summed E-state index contributed by atoms with van der Waals surface area (Å²) in [6.07, 6.45) is 5.45. The molecular formula is C25H29N5O2. The van der Waals surface area contributed by atoms with Crippen LogP contribution in [0.1, 0.15) is 51.6 Å². The first-order valence-corrected chi connectivity index (χ1v) is 11.0. The van der Waals surface area contributed by atoms with Crippen LogP contribution in [-0.4, -0.2) is 34.6 Å². The third-order valence-electron chi connectivity index (χ3n) is 5.93. The summed E-state index contributed by atoms with van der Waals surface area (Å²) in [6, 6.07) is 15.1. The number of nitrogens with two attached hydrogens (primary N) is 1. The van der Waals surface area contributed by atoms with Crippen molar-refractivity contribution in [3.8, 4) is 11.3 Å². The predicted molar refractivity (Wildman–Crippen MR) is 125 cm³/mol. The molecule has 32 heavy (non-hydrogen) atoms. The zero-order valence-electron chi connectivity index (χ0n) is 18.3. The van der Waals surface area contributed by atoms with Crippen LogP contribution in [0.25, 0.3) is 11.3 Å². The van der Waals surface area contributed by atoms with E-state index in [1.54, 1.807) is 13.2 Å². The normalized spacial score (nSPS) is 14.9. The van der Waals surface area contributed by atoms with Gasteiger partial charge in [-0.2, -0.15) is 0 Å². The number of benzene rings is 2. The lowest BCUT2D eigenvalue weighted by Crippen LogP contribution is -2.21. The molecule has 0 saturated heterocycles. The van der Waals surface area contributed by atoms with E-state index in [4.69, 9.17) is 10.8 Å². The van der Waals surface area contributed by atoms with E-state index < -0.39 is 0 Å². The van der Waals surface area contributed by atoms with Crippen molar-refractivity contribution in [2.75, 3.05) is 19.4 Å². The van der Waals surface area contributed by atoms with Crippen molar-refractivity contribution in [1.29, 1.82) is 0 Å². The van der Waals surface area contributed by atoms with Crippen LogP contribution in [0.2, 0.25) is 0 Å². The summed E-state index contributed by atoms with van der Waals surface area (Å²) in [5.41, 5.74) is 12.6. The Morgan fingerprint density at radius 3 is 2.91 bits per heavy atom. The Morgan fingerprint density at radius 1 is 1.22 bits per heavy atom. The summed E-state index contributed by atoms with van der Waals surface area (Å²) < 4.78 is 0. The number of aliphatic hydroxyl groups is 1. The van der Waals surface area contributed by atoms with Gasteiger partial charge in [-0.15, -0.1) is 0 Å².